The van der Waals surface area contributed by atoms with Crippen LogP contribution in [0.4, 0.5) is 8.78 Å². The Hall–Kier alpha value is -4.28. The lowest BCUT2D eigenvalue weighted by atomic mass is 9.93. The van der Waals surface area contributed by atoms with Crippen molar-refractivity contribution in [2.75, 3.05) is 0 Å². The number of halogens is 2. The monoisotopic (exact) mass is 678 g/mol. The van der Waals surface area contributed by atoms with Gasteiger partial charge in [-0.2, -0.15) is 19.3 Å². The molecule has 0 saturated heterocycles. The largest absolute Gasteiger partial charge is 0.206 e. The van der Waals surface area contributed by atoms with E-state index in [1.54, 1.807) is 12.1 Å². The molecule has 0 aliphatic carbocycles. The normalized spacial score (nSPS) is 11.4. The van der Waals surface area contributed by atoms with Crippen molar-refractivity contribution in [3.63, 3.8) is 0 Å². The molecular formula is C38H32F2N4S3. The molecule has 0 fully saturated rings. The second-order valence-electron chi connectivity index (χ2n) is 12.5. The maximum Gasteiger partial charge on any atom is 0.132 e. The molecule has 0 saturated carbocycles. The van der Waals surface area contributed by atoms with E-state index < -0.39 is 0 Å². The standard InChI is InChI=1S/C38H32F2N4S3/c1-21(2)5-7-23-9-11-25(29(39)17-23)31-13-15-33(45-31)35-27(19-41)28(20-42)36(38-37(35)43-47-44-38)34-16-14-32(46-34)26-12-10-24(18-30(26)40)8-6-22(3)4/h9-18,21-22H,5-8H2,1-4H3. The van der Waals surface area contributed by atoms with Crippen LogP contribution in [0, 0.1) is 46.1 Å². The number of aromatic nitrogens is 2. The van der Waals surface area contributed by atoms with Gasteiger partial charge < -0.3 is 0 Å². The summed E-state index contributed by atoms with van der Waals surface area (Å²) in [5.74, 6) is 0.498. The number of aryl methyl sites for hydroxylation is 2. The third kappa shape index (κ3) is 6.62. The molecule has 0 amide bonds. The molecular weight excluding hydrogens is 647 g/mol. The number of fused-ring (bicyclic) bond motifs is 1. The van der Waals surface area contributed by atoms with Crippen molar-refractivity contribution >= 4 is 45.4 Å². The molecule has 0 atom stereocenters. The van der Waals surface area contributed by atoms with Crippen LogP contribution in [0.2, 0.25) is 0 Å². The first-order chi connectivity index (χ1) is 22.7. The number of rotatable bonds is 10. The van der Waals surface area contributed by atoms with Crippen LogP contribution >= 0.6 is 34.4 Å². The second-order valence-corrected chi connectivity index (χ2v) is 15.2. The molecule has 0 radical (unpaired) electrons. The zero-order chi connectivity index (χ0) is 33.2. The Bertz CT molecular complexity index is 2020. The molecule has 0 aliphatic heterocycles. The van der Waals surface area contributed by atoms with E-state index in [4.69, 9.17) is 0 Å². The van der Waals surface area contributed by atoms with Crippen LogP contribution in [0.25, 0.3) is 52.8 Å². The molecule has 3 heterocycles. The maximum absolute atomic E-state index is 15.3. The summed E-state index contributed by atoms with van der Waals surface area (Å²) in [7, 11) is 0. The van der Waals surface area contributed by atoms with Crippen molar-refractivity contribution in [1.29, 1.82) is 10.5 Å². The zero-order valence-corrected chi connectivity index (χ0v) is 29.0. The number of thiophene rings is 2. The van der Waals surface area contributed by atoms with E-state index in [1.165, 1.54) is 22.7 Å². The van der Waals surface area contributed by atoms with Gasteiger partial charge in [0.2, 0.25) is 0 Å². The number of hydrogen-bond donors (Lipinski definition) is 0. The molecule has 3 aromatic carbocycles. The van der Waals surface area contributed by atoms with E-state index in [0.29, 0.717) is 54.9 Å². The number of benzene rings is 3. The lowest BCUT2D eigenvalue weighted by Gasteiger charge is -2.10. The highest BCUT2D eigenvalue weighted by molar-refractivity contribution is 7.19. The molecule has 0 N–H and O–H groups in total. The fourth-order valence-corrected chi connectivity index (χ4v) is 8.41. The SMILES string of the molecule is CC(C)CCc1ccc(-c2ccc(-c3c(C#N)c(C#N)c(-c4ccc(-c5ccc(CCC(C)C)cc5F)s4)c4nsnc34)s2)c(F)c1. The van der Waals surface area contributed by atoms with Gasteiger partial charge in [-0.1, -0.05) is 52.0 Å². The minimum Gasteiger partial charge on any atom is -0.206 e. The Morgan fingerprint density at radius 1 is 0.617 bits per heavy atom. The second kappa shape index (κ2) is 13.8. The van der Waals surface area contributed by atoms with Gasteiger partial charge in [0.15, 0.2) is 0 Å². The average molecular weight is 679 g/mol. The van der Waals surface area contributed by atoms with Crippen LogP contribution in [0.15, 0.2) is 60.7 Å². The molecule has 236 valence electrons. The van der Waals surface area contributed by atoms with Gasteiger partial charge in [0, 0.05) is 41.8 Å². The van der Waals surface area contributed by atoms with Crippen molar-refractivity contribution in [3.05, 3.63) is 94.6 Å². The topological polar surface area (TPSA) is 73.4 Å². The van der Waals surface area contributed by atoms with Gasteiger partial charge >= 0.3 is 0 Å². The molecule has 3 aromatic heterocycles. The Labute approximate surface area is 285 Å². The zero-order valence-electron chi connectivity index (χ0n) is 26.5. The fraction of sp³-hybridized carbons (Fsp3) is 0.263. The molecule has 0 aliphatic rings. The molecule has 9 heteroatoms. The molecule has 6 aromatic rings. The highest BCUT2D eigenvalue weighted by atomic mass is 32.1. The Morgan fingerprint density at radius 2 is 1.02 bits per heavy atom. The number of nitrogens with zero attached hydrogens (tertiary/aromatic N) is 4. The van der Waals surface area contributed by atoms with E-state index >= 15 is 8.78 Å². The van der Waals surface area contributed by atoms with Crippen molar-refractivity contribution in [2.45, 2.75) is 53.4 Å². The minimum atomic E-state index is -0.288. The van der Waals surface area contributed by atoms with Gasteiger partial charge in [0.25, 0.3) is 0 Å². The van der Waals surface area contributed by atoms with Gasteiger partial charge in [-0.25, -0.2) is 8.78 Å². The highest BCUT2D eigenvalue weighted by Crippen LogP contribution is 2.46. The average Bonchev–Trinajstić information content (AvgIpc) is 3.83. The van der Waals surface area contributed by atoms with Gasteiger partial charge in [-0.3, -0.25) is 0 Å². The lowest BCUT2D eigenvalue weighted by molar-refractivity contribution is 0.582. The van der Waals surface area contributed by atoms with Crippen molar-refractivity contribution < 1.29 is 8.78 Å². The Morgan fingerprint density at radius 3 is 1.38 bits per heavy atom. The summed E-state index contributed by atoms with van der Waals surface area (Å²) < 4.78 is 39.7. The molecule has 0 unspecified atom stereocenters. The fourth-order valence-electron chi connectivity index (χ4n) is 5.68. The van der Waals surface area contributed by atoms with Crippen LogP contribution in [0.5, 0.6) is 0 Å². The van der Waals surface area contributed by atoms with Crippen LogP contribution in [-0.2, 0) is 12.8 Å². The van der Waals surface area contributed by atoms with E-state index in [2.05, 4.69) is 48.6 Å². The third-order valence-corrected chi connectivity index (χ3v) is 11.1. The van der Waals surface area contributed by atoms with Gasteiger partial charge in [0.1, 0.15) is 34.8 Å². The summed E-state index contributed by atoms with van der Waals surface area (Å²) in [6, 6.07) is 22.7. The summed E-state index contributed by atoms with van der Waals surface area (Å²) in [4.78, 5) is 2.84. The van der Waals surface area contributed by atoms with Crippen LogP contribution < -0.4 is 0 Å². The predicted molar refractivity (Wildman–Crippen MR) is 191 cm³/mol. The maximum atomic E-state index is 15.3. The summed E-state index contributed by atoms with van der Waals surface area (Å²) in [5.41, 5.74) is 5.34. The van der Waals surface area contributed by atoms with Crippen molar-refractivity contribution in [3.8, 4) is 53.9 Å². The van der Waals surface area contributed by atoms with Crippen LogP contribution in [0.3, 0.4) is 0 Å². The lowest BCUT2D eigenvalue weighted by Crippen LogP contribution is -1.95. The van der Waals surface area contributed by atoms with Gasteiger partial charge in [-0.15, -0.1) is 22.7 Å². The van der Waals surface area contributed by atoms with Crippen LogP contribution in [0.1, 0.15) is 62.8 Å². The molecule has 6 rings (SSSR count). The number of hydrogen-bond acceptors (Lipinski definition) is 7. The molecule has 4 nitrogen and oxygen atoms in total. The summed E-state index contributed by atoms with van der Waals surface area (Å²) in [6.45, 7) is 8.61. The van der Waals surface area contributed by atoms with Crippen molar-refractivity contribution in [1.82, 2.24) is 8.75 Å². The first-order valence-electron chi connectivity index (χ1n) is 15.6. The van der Waals surface area contributed by atoms with E-state index in [0.717, 1.165) is 58.3 Å². The number of nitriles is 2. The Kier molecular flexibility index (Phi) is 9.61. The van der Waals surface area contributed by atoms with Crippen molar-refractivity contribution in [2.24, 2.45) is 11.8 Å². The molecule has 0 spiro atoms. The van der Waals surface area contributed by atoms with E-state index in [9.17, 15) is 10.5 Å². The minimum absolute atomic E-state index is 0.191. The van der Waals surface area contributed by atoms with Gasteiger partial charge in [0.05, 0.1) is 22.9 Å². The Balaban J connectivity index is 1.39. The smallest absolute Gasteiger partial charge is 0.132 e. The van der Waals surface area contributed by atoms with E-state index in [-0.39, 0.29) is 22.8 Å². The highest BCUT2D eigenvalue weighted by Gasteiger charge is 2.27. The molecule has 0 bridgehead atoms. The van der Waals surface area contributed by atoms with Gasteiger partial charge in [-0.05, 0) is 85.0 Å². The first-order valence-corrected chi connectivity index (χ1v) is 17.9. The third-order valence-electron chi connectivity index (χ3n) is 8.26. The molecule has 47 heavy (non-hydrogen) atoms. The predicted octanol–water partition coefficient (Wildman–Crippen LogP) is 11.7. The summed E-state index contributed by atoms with van der Waals surface area (Å²) in [5, 5.41) is 20.8. The summed E-state index contributed by atoms with van der Waals surface area (Å²) >= 11 is 3.71. The van der Waals surface area contributed by atoms with Crippen LogP contribution in [-0.4, -0.2) is 8.75 Å². The quantitative estimate of drug-likeness (QED) is 0.145. The first kappa shape index (κ1) is 32.7. The summed E-state index contributed by atoms with van der Waals surface area (Å²) in [6.07, 6.45) is 3.62. The van der Waals surface area contributed by atoms with E-state index in [1.807, 2.05) is 48.5 Å².